The molecule has 1 aromatic rings. The molecule has 4 heteroatoms. The molecule has 1 aromatic carbocycles. The molecule has 0 radical (unpaired) electrons. The van der Waals surface area contributed by atoms with Crippen LogP contribution in [0.3, 0.4) is 0 Å². The van der Waals surface area contributed by atoms with Crippen LogP contribution in [0.2, 0.25) is 10.0 Å². The van der Waals surface area contributed by atoms with Crippen LogP contribution in [0.5, 0.6) is 0 Å². The number of hydrogen-bond donors (Lipinski definition) is 2. The largest absolute Gasteiger partial charge is 0.396 e. The van der Waals surface area contributed by atoms with Gasteiger partial charge in [-0.15, -0.1) is 0 Å². The maximum atomic E-state index is 9.10. The summed E-state index contributed by atoms with van der Waals surface area (Å²) in [5.41, 5.74) is 0.902. The molecule has 0 aliphatic rings. The lowest BCUT2D eigenvalue weighted by Crippen LogP contribution is -2.31. The van der Waals surface area contributed by atoms with Gasteiger partial charge in [-0.05, 0) is 17.7 Å². The number of rotatable bonds is 5. The second kappa shape index (κ2) is 5.87. The Morgan fingerprint density at radius 1 is 1.31 bits per heavy atom. The van der Waals surface area contributed by atoms with E-state index in [1.165, 1.54) is 0 Å². The fourth-order valence-electron chi connectivity index (χ4n) is 1.26. The van der Waals surface area contributed by atoms with Crippen LogP contribution >= 0.6 is 23.2 Å². The number of benzene rings is 1. The summed E-state index contributed by atoms with van der Waals surface area (Å²) in [6.45, 7) is 5.59. The molecule has 2 N–H and O–H groups in total. The van der Waals surface area contributed by atoms with Gasteiger partial charge in [-0.1, -0.05) is 43.1 Å². The monoisotopic (exact) mass is 261 g/mol. The molecule has 0 fully saturated rings. The summed E-state index contributed by atoms with van der Waals surface area (Å²) in [5.74, 6) is 0. The molecular formula is C12H17Cl2NO. The topological polar surface area (TPSA) is 32.3 Å². The van der Waals surface area contributed by atoms with Crippen LogP contribution in [0.25, 0.3) is 0 Å². The van der Waals surface area contributed by atoms with E-state index in [1.54, 1.807) is 6.07 Å². The minimum atomic E-state index is -0.112. The lowest BCUT2D eigenvalue weighted by molar-refractivity contribution is 0.156. The summed E-state index contributed by atoms with van der Waals surface area (Å²) in [7, 11) is 0. The standard InChI is InChI=1S/C12H17Cl2NO/c1-12(2,8-16)7-15-6-9-3-4-10(13)5-11(9)14/h3-5,15-16H,6-8H2,1-2H3. The predicted molar refractivity (Wildman–Crippen MR) is 69.0 cm³/mol. The Bertz CT molecular complexity index is 353. The van der Waals surface area contributed by atoms with Gasteiger partial charge in [0.25, 0.3) is 0 Å². The van der Waals surface area contributed by atoms with Crippen LogP contribution in [0.1, 0.15) is 19.4 Å². The third kappa shape index (κ3) is 4.30. The van der Waals surface area contributed by atoms with E-state index < -0.39 is 0 Å². The zero-order valence-corrected chi connectivity index (χ0v) is 11.1. The highest BCUT2D eigenvalue weighted by molar-refractivity contribution is 6.35. The zero-order valence-electron chi connectivity index (χ0n) is 9.56. The number of hydrogen-bond acceptors (Lipinski definition) is 2. The number of aliphatic hydroxyl groups excluding tert-OH is 1. The first-order valence-corrected chi connectivity index (χ1v) is 5.96. The molecule has 16 heavy (non-hydrogen) atoms. The van der Waals surface area contributed by atoms with Gasteiger partial charge in [0.05, 0.1) is 0 Å². The lowest BCUT2D eigenvalue weighted by Gasteiger charge is -2.22. The zero-order chi connectivity index (χ0) is 12.2. The maximum absolute atomic E-state index is 9.10. The highest BCUT2D eigenvalue weighted by atomic mass is 35.5. The molecule has 0 atom stereocenters. The van der Waals surface area contributed by atoms with E-state index >= 15 is 0 Å². The molecule has 0 aliphatic heterocycles. The molecule has 90 valence electrons. The molecule has 2 nitrogen and oxygen atoms in total. The molecule has 1 rings (SSSR count). The fourth-order valence-corrected chi connectivity index (χ4v) is 1.73. The predicted octanol–water partition coefficient (Wildman–Crippen LogP) is 3.10. The van der Waals surface area contributed by atoms with Crippen molar-refractivity contribution in [3.63, 3.8) is 0 Å². The molecule has 0 aliphatic carbocycles. The number of nitrogens with one attached hydrogen (secondary N) is 1. The summed E-state index contributed by atoms with van der Waals surface area (Å²) in [6, 6.07) is 5.46. The van der Waals surface area contributed by atoms with Crippen molar-refractivity contribution in [2.45, 2.75) is 20.4 Å². The Balaban J connectivity index is 2.49. The van der Waals surface area contributed by atoms with Crippen molar-refractivity contribution in [3.05, 3.63) is 33.8 Å². The quantitative estimate of drug-likeness (QED) is 0.854. The average Bonchev–Trinajstić information content (AvgIpc) is 2.21. The van der Waals surface area contributed by atoms with Crippen LogP contribution in [-0.4, -0.2) is 18.3 Å². The van der Waals surface area contributed by atoms with Crippen LogP contribution in [0.4, 0.5) is 0 Å². The van der Waals surface area contributed by atoms with E-state index in [1.807, 2.05) is 26.0 Å². The maximum Gasteiger partial charge on any atom is 0.0494 e. The van der Waals surface area contributed by atoms with Gasteiger partial charge in [-0.3, -0.25) is 0 Å². The Hall–Kier alpha value is -0.280. The molecule has 0 bridgehead atoms. The number of aliphatic hydroxyl groups is 1. The van der Waals surface area contributed by atoms with E-state index in [2.05, 4.69) is 5.32 Å². The molecule has 0 amide bonds. The van der Waals surface area contributed by atoms with Crippen molar-refractivity contribution in [2.75, 3.05) is 13.2 Å². The van der Waals surface area contributed by atoms with Crippen LogP contribution in [0, 0.1) is 5.41 Å². The van der Waals surface area contributed by atoms with Gasteiger partial charge in [0, 0.05) is 35.2 Å². The average molecular weight is 262 g/mol. The first kappa shape index (κ1) is 13.8. The molecule has 0 spiro atoms. The van der Waals surface area contributed by atoms with Crippen LogP contribution in [0.15, 0.2) is 18.2 Å². The summed E-state index contributed by atoms with van der Waals surface area (Å²) >= 11 is 11.8. The Morgan fingerprint density at radius 3 is 2.56 bits per heavy atom. The fraction of sp³-hybridized carbons (Fsp3) is 0.500. The summed E-state index contributed by atoms with van der Waals surface area (Å²) in [4.78, 5) is 0. The third-order valence-corrected chi connectivity index (χ3v) is 2.95. The minimum Gasteiger partial charge on any atom is -0.396 e. The molecule has 0 saturated heterocycles. The molecule has 0 unspecified atom stereocenters. The van der Waals surface area contributed by atoms with Crippen molar-refractivity contribution in [3.8, 4) is 0 Å². The molecule has 0 aromatic heterocycles. The smallest absolute Gasteiger partial charge is 0.0494 e. The highest BCUT2D eigenvalue weighted by Gasteiger charge is 2.15. The van der Waals surface area contributed by atoms with Crippen molar-refractivity contribution in [1.29, 1.82) is 0 Å². The lowest BCUT2D eigenvalue weighted by atomic mass is 9.95. The van der Waals surface area contributed by atoms with Crippen molar-refractivity contribution in [2.24, 2.45) is 5.41 Å². The summed E-state index contributed by atoms with van der Waals surface area (Å²) in [5, 5.41) is 13.7. The second-order valence-electron chi connectivity index (χ2n) is 4.66. The van der Waals surface area contributed by atoms with E-state index in [4.69, 9.17) is 28.3 Å². The van der Waals surface area contributed by atoms with Gasteiger partial charge < -0.3 is 10.4 Å². The first-order chi connectivity index (χ1) is 7.44. The third-order valence-electron chi connectivity index (χ3n) is 2.36. The first-order valence-electron chi connectivity index (χ1n) is 5.20. The van der Waals surface area contributed by atoms with Gasteiger partial charge >= 0.3 is 0 Å². The van der Waals surface area contributed by atoms with Crippen molar-refractivity contribution >= 4 is 23.2 Å². The Kier molecular flexibility index (Phi) is 5.06. The minimum absolute atomic E-state index is 0.112. The van der Waals surface area contributed by atoms with Gasteiger partial charge in [0.1, 0.15) is 0 Å². The molecular weight excluding hydrogens is 245 g/mol. The van der Waals surface area contributed by atoms with Crippen LogP contribution < -0.4 is 5.32 Å². The summed E-state index contributed by atoms with van der Waals surface area (Å²) < 4.78 is 0. The number of halogens is 2. The van der Waals surface area contributed by atoms with Gasteiger partial charge in [-0.25, -0.2) is 0 Å². The summed E-state index contributed by atoms with van der Waals surface area (Å²) in [6.07, 6.45) is 0. The van der Waals surface area contributed by atoms with E-state index in [0.29, 0.717) is 16.6 Å². The Labute approximate surface area is 107 Å². The SMILES string of the molecule is CC(C)(CO)CNCc1ccc(Cl)cc1Cl. The highest BCUT2D eigenvalue weighted by Crippen LogP contribution is 2.21. The molecule has 0 heterocycles. The van der Waals surface area contributed by atoms with E-state index in [9.17, 15) is 0 Å². The van der Waals surface area contributed by atoms with Crippen LogP contribution in [-0.2, 0) is 6.54 Å². The van der Waals surface area contributed by atoms with E-state index in [-0.39, 0.29) is 12.0 Å². The van der Waals surface area contributed by atoms with Gasteiger partial charge in [0.15, 0.2) is 0 Å². The normalized spacial score (nSPS) is 11.8. The Morgan fingerprint density at radius 2 is 2.00 bits per heavy atom. The molecule has 0 saturated carbocycles. The van der Waals surface area contributed by atoms with Crippen molar-refractivity contribution in [1.82, 2.24) is 5.32 Å². The second-order valence-corrected chi connectivity index (χ2v) is 5.51. The van der Waals surface area contributed by atoms with E-state index in [0.717, 1.165) is 12.1 Å². The van der Waals surface area contributed by atoms with Crippen molar-refractivity contribution < 1.29 is 5.11 Å². The van der Waals surface area contributed by atoms with Gasteiger partial charge in [-0.2, -0.15) is 0 Å². The van der Waals surface area contributed by atoms with Gasteiger partial charge in [0.2, 0.25) is 0 Å².